The first-order chi connectivity index (χ1) is 12.8. The van der Waals surface area contributed by atoms with Gasteiger partial charge in [-0.2, -0.15) is 0 Å². The minimum atomic E-state index is -0.747. The predicted octanol–water partition coefficient (Wildman–Crippen LogP) is 2.77. The lowest BCUT2D eigenvalue weighted by atomic mass is 9.83. The van der Waals surface area contributed by atoms with Crippen LogP contribution in [0.3, 0.4) is 0 Å². The molecule has 3 N–H and O–H groups in total. The summed E-state index contributed by atoms with van der Waals surface area (Å²) in [4.78, 5) is 34.7. The van der Waals surface area contributed by atoms with Crippen molar-refractivity contribution in [2.24, 2.45) is 10.7 Å². The zero-order chi connectivity index (χ0) is 19.6. The average molecular weight is 386 g/mol. The van der Waals surface area contributed by atoms with Crippen molar-refractivity contribution >= 4 is 35.1 Å². The molecule has 1 aliphatic heterocycles. The molecule has 2 aromatic rings. The molecule has 1 atom stereocenters. The van der Waals surface area contributed by atoms with Crippen LogP contribution in [0.25, 0.3) is 0 Å². The van der Waals surface area contributed by atoms with Crippen LogP contribution in [0.2, 0.25) is 5.15 Å². The number of benzene rings is 1. The van der Waals surface area contributed by atoms with Gasteiger partial charge in [-0.3, -0.25) is 14.5 Å². The summed E-state index contributed by atoms with van der Waals surface area (Å²) in [5.74, 6) is -0.282. The molecule has 1 aromatic carbocycles. The molecule has 1 aromatic heterocycles. The van der Waals surface area contributed by atoms with Gasteiger partial charge in [-0.25, -0.2) is 9.98 Å². The van der Waals surface area contributed by atoms with E-state index in [2.05, 4.69) is 15.3 Å². The molecule has 140 valence electrons. The van der Waals surface area contributed by atoms with Gasteiger partial charge in [-0.15, -0.1) is 0 Å². The number of guanidine groups is 1. The molecule has 2 amide bonds. The van der Waals surface area contributed by atoms with E-state index in [1.807, 2.05) is 19.1 Å². The summed E-state index contributed by atoms with van der Waals surface area (Å²) in [6, 6.07) is 12.1. The summed E-state index contributed by atoms with van der Waals surface area (Å²) in [6.07, 6.45) is 0.814. The monoisotopic (exact) mass is 385 g/mol. The lowest BCUT2D eigenvalue weighted by Gasteiger charge is -2.36. The highest BCUT2D eigenvalue weighted by atomic mass is 35.5. The molecular weight excluding hydrogens is 366 g/mol. The van der Waals surface area contributed by atoms with Crippen molar-refractivity contribution in [2.45, 2.75) is 25.3 Å². The molecule has 0 radical (unpaired) electrons. The van der Waals surface area contributed by atoms with Crippen LogP contribution >= 0.6 is 11.6 Å². The van der Waals surface area contributed by atoms with E-state index in [1.165, 1.54) is 4.90 Å². The van der Waals surface area contributed by atoms with Gasteiger partial charge in [-0.05, 0) is 36.2 Å². The third-order valence-corrected chi connectivity index (χ3v) is 4.89. The van der Waals surface area contributed by atoms with Crippen molar-refractivity contribution in [1.29, 1.82) is 0 Å². The Labute approximate surface area is 162 Å². The molecular formula is C19H20ClN5O2. The molecule has 0 fully saturated rings. The summed E-state index contributed by atoms with van der Waals surface area (Å²) in [5.41, 5.74) is 6.79. The summed E-state index contributed by atoms with van der Waals surface area (Å²) >= 11 is 5.84. The van der Waals surface area contributed by atoms with Crippen molar-refractivity contribution in [2.75, 3.05) is 12.4 Å². The van der Waals surface area contributed by atoms with Gasteiger partial charge < -0.3 is 11.1 Å². The fourth-order valence-electron chi connectivity index (χ4n) is 3.02. The Bertz CT molecular complexity index is 930. The van der Waals surface area contributed by atoms with Crippen LogP contribution in [0.1, 0.15) is 35.8 Å². The van der Waals surface area contributed by atoms with E-state index < -0.39 is 5.54 Å². The summed E-state index contributed by atoms with van der Waals surface area (Å²) in [7, 11) is 1.61. The Morgan fingerprint density at radius 3 is 2.74 bits per heavy atom. The Hall–Kier alpha value is -2.93. The highest BCUT2D eigenvalue weighted by molar-refractivity contribution is 6.29. The Morgan fingerprint density at radius 2 is 2.07 bits per heavy atom. The number of nitrogens with zero attached hydrogens (tertiary/aromatic N) is 3. The SMILES string of the molecule is CC[C@@]1(c2cccc(NC(=O)c3cccc(Cl)n3)c2)CC(=O)N(C)C(N)=N1. The molecule has 0 spiro atoms. The minimum absolute atomic E-state index is 0.0954. The fraction of sp³-hybridized carbons (Fsp3) is 0.263. The van der Waals surface area contributed by atoms with E-state index in [9.17, 15) is 9.59 Å². The van der Waals surface area contributed by atoms with Crippen LogP contribution in [0.15, 0.2) is 47.5 Å². The lowest BCUT2D eigenvalue weighted by molar-refractivity contribution is -0.128. The van der Waals surface area contributed by atoms with Crippen LogP contribution in [0, 0.1) is 0 Å². The van der Waals surface area contributed by atoms with Gasteiger partial charge in [0, 0.05) is 12.7 Å². The number of carbonyl (C=O) groups excluding carboxylic acids is 2. The zero-order valence-corrected chi connectivity index (χ0v) is 15.8. The highest BCUT2D eigenvalue weighted by Gasteiger charge is 2.38. The Balaban J connectivity index is 1.91. The van der Waals surface area contributed by atoms with Crippen molar-refractivity contribution in [3.8, 4) is 0 Å². The summed E-state index contributed by atoms with van der Waals surface area (Å²) in [6.45, 7) is 1.95. The summed E-state index contributed by atoms with van der Waals surface area (Å²) in [5, 5.41) is 3.05. The standard InChI is InChI=1S/C19H20ClN5O2/c1-3-19(11-16(26)25(2)18(21)24-19)12-6-4-7-13(10-12)22-17(27)14-8-5-9-15(20)23-14/h4-10H,3,11H2,1-2H3,(H2,21,24)(H,22,27)/t19-/m0/s1. The van der Waals surface area contributed by atoms with Crippen LogP contribution in [-0.2, 0) is 10.3 Å². The number of rotatable bonds is 4. The predicted molar refractivity (Wildman–Crippen MR) is 105 cm³/mol. The second-order valence-corrected chi connectivity index (χ2v) is 6.75. The lowest BCUT2D eigenvalue weighted by Crippen LogP contribution is -2.48. The molecule has 0 aliphatic carbocycles. The maximum atomic E-state index is 12.4. The number of pyridine rings is 1. The number of nitrogens with two attached hydrogens (primary N) is 1. The molecule has 0 unspecified atom stereocenters. The quantitative estimate of drug-likeness (QED) is 0.790. The van der Waals surface area contributed by atoms with Gasteiger partial charge in [0.25, 0.3) is 5.91 Å². The first kappa shape index (κ1) is 18.8. The highest BCUT2D eigenvalue weighted by Crippen LogP contribution is 2.37. The number of amides is 2. The Kier molecular flexibility index (Phi) is 5.14. The first-order valence-electron chi connectivity index (χ1n) is 8.51. The molecule has 0 saturated heterocycles. The van der Waals surface area contributed by atoms with Gasteiger partial charge in [0.2, 0.25) is 5.91 Å². The van der Waals surface area contributed by atoms with E-state index >= 15 is 0 Å². The van der Waals surface area contributed by atoms with Gasteiger partial charge in [0.1, 0.15) is 10.8 Å². The molecule has 3 rings (SSSR count). The first-order valence-corrected chi connectivity index (χ1v) is 8.89. The molecule has 1 aliphatic rings. The normalized spacial score (nSPS) is 19.6. The largest absolute Gasteiger partial charge is 0.369 e. The second-order valence-electron chi connectivity index (χ2n) is 6.37. The number of aromatic nitrogens is 1. The van der Waals surface area contributed by atoms with Gasteiger partial charge in [-0.1, -0.05) is 36.7 Å². The summed E-state index contributed by atoms with van der Waals surface area (Å²) < 4.78 is 0. The molecule has 0 bridgehead atoms. The van der Waals surface area contributed by atoms with Crippen molar-refractivity contribution in [1.82, 2.24) is 9.88 Å². The number of nitrogens with one attached hydrogen (secondary N) is 1. The molecule has 0 saturated carbocycles. The van der Waals surface area contributed by atoms with E-state index in [4.69, 9.17) is 17.3 Å². The van der Waals surface area contributed by atoms with Gasteiger partial charge in [0.15, 0.2) is 5.96 Å². The van der Waals surface area contributed by atoms with Crippen LogP contribution in [-0.4, -0.2) is 34.7 Å². The van der Waals surface area contributed by atoms with Crippen molar-refractivity contribution in [3.05, 3.63) is 58.9 Å². The number of aliphatic imine (C=N–C) groups is 1. The van der Waals surface area contributed by atoms with Crippen LogP contribution in [0.4, 0.5) is 5.69 Å². The van der Waals surface area contributed by atoms with Crippen molar-refractivity contribution < 1.29 is 9.59 Å². The number of carbonyl (C=O) groups is 2. The van der Waals surface area contributed by atoms with E-state index in [0.29, 0.717) is 12.1 Å². The number of hydrogen-bond acceptors (Lipinski definition) is 5. The topological polar surface area (TPSA) is 101 Å². The van der Waals surface area contributed by atoms with Gasteiger partial charge in [0.05, 0.1) is 12.0 Å². The average Bonchev–Trinajstić information content (AvgIpc) is 2.66. The smallest absolute Gasteiger partial charge is 0.274 e. The minimum Gasteiger partial charge on any atom is -0.369 e. The molecule has 27 heavy (non-hydrogen) atoms. The third-order valence-electron chi connectivity index (χ3n) is 4.68. The van der Waals surface area contributed by atoms with Gasteiger partial charge >= 0.3 is 0 Å². The number of hydrogen-bond donors (Lipinski definition) is 2. The van der Waals surface area contributed by atoms with E-state index in [-0.39, 0.29) is 35.0 Å². The fourth-order valence-corrected chi connectivity index (χ4v) is 3.19. The van der Waals surface area contributed by atoms with Crippen molar-refractivity contribution in [3.63, 3.8) is 0 Å². The second kappa shape index (κ2) is 7.36. The number of anilines is 1. The maximum Gasteiger partial charge on any atom is 0.274 e. The molecule has 8 heteroatoms. The third kappa shape index (κ3) is 3.78. The number of halogens is 1. The van der Waals surface area contributed by atoms with Crippen LogP contribution in [0.5, 0.6) is 0 Å². The van der Waals surface area contributed by atoms with E-state index in [0.717, 1.165) is 5.56 Å². The van der Waals surface area contributed by atoms with E-state index in [1.54, 1.807) is 37.4 Å². The zero-order valence-electron chi connectivity index (χ0n) is 15.1. The maximum absolute atomic E-state index is 12.4. The van der Waals surface area contributed by atoms with Crippen LogP contribution < -0.4 is 11.1 Å². The molecule has 7 nitrogen and oxygen atoms in total. The molecule has 2 heterocycles. The Morgan fingerprint density at radius 1 is 1.33 bits per heavy atom.